The fraction of sp³-hybridized carbons (Fsp3) is 0.562. The van der Waals surface area contributed by atoms with E-state index in [2.05, 4.69) is 0 Å². The van der Waals surface area contributed by atoms with Crippen LogP contribution in [0.5, 0.6) is 0 Å². The zero-order chi connectivity index (χ0) is 15.8. The predicted octanol–water partition coefficient (Wildman–Crippen LogP) is 1.18. The zero-order valence-corrected chi connectivity index (χ0v) is 12.7. The topological polar surface area (TPSA) is 68.6 Å². The summed E-state index contributed by atoms with van der Waals surface area (Å²) in [4.78, 5) is 36.9. The van der Waals surface area contributed by atoms with Gasteiger partial charge in [-0.2, -0.15) is 0 Å². The molecular weight excluding hydrogens is 284 g/mol. The number of carbonyl (C=O) groups is 2. The van der Waals surface area contributed by atoms with Gasteiger partial charge in [-0.05, 0) is 18.9 Å². The molecule has 1 saturated heterocycles. The molecule has 120 valence electrons. The van der Waals surface area contributed by atoms with Crippen LogP contribution >= 0.6 is 0 Å². The van der Waals surface area contributed by atoms with Crippen LogP contribution in [0.1, 0.15) is 32.1 Å². The molecule has 1 aliphatic rings. The molecule has 0 N–H and O–H groups in total. The number of likely N-dealkylation sites (tertiary alicyclic amines) is 1. The summed E-state index contributed by atoms with van der Waals surface area (Å²) in [6.45, 7) is 1.55. The molecular formula is C16H22N2O4. The molecule has 1 amide bonds. The molecule has 6 heteroatoms. The Hall–Kier alpha value is -2.11. The Kier molecular flexibility index (Phi) is 6.18. The SMILES string of the molecule is O=C(CCn1ccccc1=O)OCC(=O)N1CCCCCC1. The summed E-state index contributed by atoms with van der Waals surface area (Å²) in [6.07, 6.45) is 6.02. The van der Waals surface area contributed by atoms with Crippen LogP contribution in [0.25, 0.3) is 0 Å². The Morgan fingerprint density at radius 1 is 1.09 bits per heavy atom. The quantitative estimate of drug-likeness (QED) is 0.766. The van der Waals surface area contributed by atoms with Gasteiger partial charge >= 0.3 is 5.97 Å². The molecule has 2 rings (SSSR count). The van der Waals surface area contributed by atoms with Crippen molar-refractivity contribution in [1.29, 1.82) is 0 Å². The molecule has 1 fully saturated rings. The van der Waals surface area contributed by atoms with Gasteiger partial charge in [0.25, 0.3) is 11.5 Å². The highest BCUT2D eigenvalue weighted by Gasteiger charge is 2.17. The normalized spacial score (nSPS) is 15.2. The first kappa shape index (κ1) is 16.3. The fourth-order valence-electron chi connectivity index (χ4n) is 2.48. The van der Waals surface area contributed by atoms with Crippen molar-refractivity contribution < 1.29 is 14.3 Å². The number of amides is 1. The van der Waals surface area contributed by atoms with Crippen LogP contribution in [0, 0.1) is 0 Å². The van der Waals surface area contributed by atoms with Crippen LogP contribution in [0.3, 0.4) is 0 Å². The third kappa shape index (κ3) is 5.02. The van der Waals surface area contributed by atoms with E-state index in [0.29, 0.717) is 0 Å². The number of ether oxygens (including phenoxy) is 1. The van der Waals surface area contributed by atoms with Crippen molar-refractivity contribution in [3.8, 4) is 0 Å². The van der Waals surface area contributed by atoms with Gasteiger partial charge in [-0.1, -0.05) is 18.9 Å². The molecule has 2 heterocycles. The molecule has 0 aromatic carbocycles. The molecule has 0 atom stereocenters. The first-order valence-corrected chi connectivity index (χ1v) is 7.76. The summed E-state index contributed by atoms with van der Waals surface area (Å²) in [7, 11) is 0. The van der Waals surface area contributed by atoms with Crippen molar-refractivity contribution in [2.24, 2.45) is 0 Å². The van der Waals surface area contributed by atoms with Crippen molar-refractivity contribution in [2.75, 3.05) is 19.7 Å². The van der Waals surface area contributed by atoms with E-state index in [1.165, 1.54) is 10.6 Å². The minimum atomic E-state index is -0.459. The molecule has 1 aromatic rings. The summed E-state index contributed by atoms with van der Waals surface area (Å²) in [5.74, 6) is -0.592. The Morgan fingerprint density at radius 2 is 1.82 bits per heavy atom. The summed E-state index contributed by atoms with van der Waals surface area (Å²) in [5, 5.41) is 0. The smallest absolute Gasteiger partial charge is 0.308 e. The summed E-state index contributed by atoms with van der Waals surface area (Å²) in [5.41, 5.74) is -0.157. The summed E-state index contributed by atoms with van der Waals surface area (Å²) < 4.78 is 6.46. The van der Waals surface area contributed by atoms with E-state index < -0.39 is 5.97 Å². The number of carbonyl (C=O) groups excluding carboxylic acids is 2. The minimum Gasteiger partial charge on any atom is -0.456 e. The number of rotatable bonds is 5. The molecule has 0 unspecified atom stereocenters. The van der Waals surface area contributed by atoms with E-state index in [1.54, 1.807) is 23.2 Å². The Labute approximate surface area is 129 Å². The van der Waals surface area contributed by atoms with E-state index in [4.69, 9.17) is 4.74 Å². The van der Waals surface area contributed by atoms with E-state index in [9.17, 15) is 14.4 Å². The van der Waals surface area contributed by atoms with E-state index >= 15 is 0 Å². The van der Waals surface area contributed by atoms with E-state index in [-0.39, 0.29) is 31.0 Å². The van der Waals surface area contributed by atoms with E-state index in [0.717, 1.165) is 38.8 Å². The summed E-state index contributed by atoms with van der Waals surface area (Å²) in [6, 6.07) is 4.82. The number of hydrogen-bond acceptors (Lipinski definition) is 4. The number of aryl methyl sites for hydroxylation is 1. The van der Waals surface area contributed by atoms with Crippen LogP contribution in [-0.2, 0) is 20.9 Å². The zero-order valence-electron chi connectivity index (χ0n) is 12.7. The number of hydrogen-bond donors (Lipinski definition) is 0. The van der Waals surface area contributed by atoms with Gasteiger partial charge in [-0.3, -0.25) is 14.4 Å². The highest BCUT2D eigenvalue weighted by atomic mass is 16.5. The predicted molar refractivity (Wildman–Crippen MR) is 81.3 cm³/mol. The largest absolute Gasteiger partial charge is 0.456 e. The van der Waals surface area contributed by atoms with Crippen LogP contribution in [-0.4, -0.2) is 41.0 Å². The highest BCUT2D eigenvalue weighted by molar-refractivity contribution is 5.80. The number of esters is 1. The Bertz CT molecular complexity index is 559. The average Bonchev–Trinajstić information content (AvgIpc) is 2.81. The molecule has 22 heavy (non-hydrogen) atoms. The average molecular weight is 306 g/mol. The third-order valence-corrected chi connectivity index (χ3v) is 3.77. The first-order valence-electron chi connectivity index (χ1n) is 7.76. The molecule has 0 radical (unpaired) electrons. The second-order valence-corrected chi connectivity index (χ2v) is 5.44. The monoisotopic (exact) mass is 306 g/mol. The van der Waals surface area contributed by atoms with Gasteiger partial charge in [0.2, 0.25) is 0 Å². The van der Waals surface area contributed by atoms with Crippen molar-refractivity contribution in [1.82, 2.24) is 9.47 Å². The van der Waals surface area contributed by atoms with Crippen LogP contribution in [0.4, 0.5) is 0 Å². The summed E-state index contributed by atoms with van der Waals surface area (Å²) >= 11 is 0. The number of nitrogens with zero attached hydrogens (tertiary/aromatic N) is 2. The number of aromatic nitrogens is 1. The molecule has 1 aliphatic heterocycles. The lowest BCUT2D eigenvalue weighted by Crippen LogP contribution is -2.35. The lowest BCUT2D eigenvalue weighted by atomic mass is 10.2. The van der Waals surface area contributed by atoms with Gasteiger partial charge in [0.05, 0.1) is 6.42 Å². The van der Waals surface area contributed by atoms with E-state index in [1.807, 2.05) is 0 Å². The fourth-order valence-corrected chi connectivity index (χ4v) is 2.48. The second-order valence-electron chi connectivity index (χ2n) is 5.44. The maximum Gasteiger partial charge on any atom is 0.308 e. The maximum absolute atomic E-state index is 12.0. The Balaban J connectivity index is 1.72. The van der Waals surface area contributed by atoms with Gasteiger partial charge < -0.3 is 14.2 Å². The van der Waals surface area contributed by atoms with Gasteiger partial charge in [0.15, 0.2) is 6.61 Å². The van der Waals surface area contributed by atoms with Gasteiger partial charge in [-0.15, -0.1) is 0 Å². The molecule has 6 nitrogen and oxygen atoms in total. The third-order valence-electron chi connectivity index (χ3n) is 3.77. The first-order chi connectivity index (χ1) is 10.7. The highest BCUT2D eigenvalue weighted by Crippen LogP contribution is 2.09. The van der Waals surface area contributed by atoms with Crippen molar-refractivity contribution in [2.45, 2.75) is 38.6 Å². The second kappa shape index (κ2) is 8.36. The molecule has 0 spiro atoms. The van der Waals surface area contributed by atoms with Crippen molar-refractivity contribution >= 4 is 11.9 Å². The molecule has 0 saturated carbocycles. The lowest BCUT2D eigenvalue weighted by molar-refractivity contribution is -0.152. The standard InChI is InChI=1S/C16H22N2O4/c19-14-7-3-6-11-18(14)12-8-16(21)22-13-15(20)17-9-4-1-2-5-10-17/h3,6-7,11H,1-2,4-5,8-10,12-13H2. The molecule has 0 bridgehead atoms. The van der Waals surface area contributed by atoms with Gasteiger partial charge in [0, 0.05) is 31.9 Å². The van der Waals surface area contributed by atoms with Crippen molar-refractivity contribution in [3.63, 3.8) is 0 Å². The van der Waals surface area contributed by atoms with Crippen LogP contribution < -0.4 is 5.56 Å². The molecule has 1 aromatic heterocycles. The van der Waals surface area contributed by atoms with Crippen LogP contribution in [0.15, 0.2) is 29.2 Å². The van der Waals surface area contributed by atoms with Gasteiger partial charge in [-0.25, -0.2) is 0 Å². The number of pyridine rings is 1. The minimum absolute atomic E-state index is 0.0806. The maximum atomic E-state index is 12.0. The van der Waals surface area contributed by atoms with Crippen LogP contribution in [0.2, 0.25) is 0 Å². The molecule has 0 aliphatic carbocycles. The lowest BCUT2D eigenvalue weighted by Gasteiger charge is -2.19. The Morgan fingerprint density at radius 3 is 2.50 bits per heavy atom. The van der Waals surface area contributed by atoms with Gasteiger partial charge in [0.1, 0.15) is 0 Å². The van der Waals surface area contributed by atoms with Crippen molar-refractivity contribution in [3.05, 3.63) is 34.7 Å².